The van der Waals surface area contributed by atoms with Crippen LogP contribution in [-0.2, 0) is 4.79 Å². The molecule has 3 aromatic rings. The molecule has 3 N–H and O–H groups in total. The second-order valence-electron chi connectivity index (χ2n) is 7.63. The van der Waals surface area contributed by atoms with Gasteiger partial charge in [0.1, 0.15) is 0 Å². The van der Waals surface area contributed by atoms with E-state index in [1.807, 2.05) is 6.92 Å². The molecule has 0 spiro atoms. The van der Waals surface area contributed by atoms with E-state index in [2.05, 4.69) is 10.9 Å². The van der Waals surface area contributed by atoms with E-state index in [9.17, 15) is 24.3 Å². The van der Waals surface area contributed by atoms with Gasteiger partial charge >= 0.3 is 0 Å². The summed E-state index contributed by atoms with van der Waals surface area (Å²) in [5.74, 6) is -2.12. The number of carbonyl (C=O) groups excluding carboxylic acids is 4. The van der Waals surface area contributed by atoms with Crippen LogP contribution >= 0.6 is 0 Å². The third kappa shape index (κ3) is 4.56. The Morgan fingerprint density at radius 2 is 1.53 bits per heavy atom. The predicted octanol–water partition coefficient (Wildman–Crippen LogP) is 2.41. The van der Waals surface area contributed by atoms with Gasteiger partial charge in [0.15, 0.2) is 41.2 Å². The van der Waals surface area contributed by atoms with Gasteiger partial charge in [0.25, 0.3) is 11.8 Å². The summed E-state index contributed by atoms with van der Waals surface area (Å²) in [5.41, 5.74) is 4.96. The monoisotopic (exact) mass is 490 g/mol. The van der Waals surface area contributed by atoms with Gasteiger partial charge in [-0.25, -0.2) is 0 Å². The number of rotatable bonds is 7. The van der Waals surface area contributed by atoms with Crippen LogP contribution in [0.25, 0.3) is 0 Å². The summed E-state index contributed by atoms with van der Waals surface area (Å²) in [7, 11) is 1.44. The van der Waals surface area contributed by atoms with Gasteiger partial charge in [-0.2, -0.15) is 0 Å². The van der Waals surface area contributed by atoms with Crippen molar-refractivity contribution in [3.63, 3.8) is 0 Å². The largest absolute Gasteiger partial charge is 0.504 e. The zero-order valence-electron chi connectivity index (χ0n) is 19.4. The number of benzene rings is 3. The van der Waals surface area contributed by atoms with Gasteiger partial charge in [0, 0.05) is 22.3 Å². The fourth-order valence-corrected chi connectivity index (χ4v) is 3.73. The van der Waals surface area contributed by atoms with Gasteiger partial charge in [-0.05, 0) is 37.3 Å². The van der Waals surface area contributed by atoms with Crippen LogP contribution in [0.4, 0.5) is 0 Å². The van der Waals surface area contributed by atoms with Crippen molar-refractivity contribution in [1.82, 2.24) is 10.9 Å². The smallest absolute Gasteiger partial charge is 0.276 e. The molecule has 0 aliphatic heterocycles. The number of nitrogens with one attached hydrogen (secondary N) is 2. The van der Waals surface area contributed by atoms with Crippen LogP contribution in [0.2, 0.25) is 0 Å². The highest BCUT2D eigenvalue weighted by Gasteiger charge is 2.33. The van der Waals surface area contributed by atoms with Gasteiger partial charge < -0.3 is 19.3 Å². The zero-order valence-corrected chi connectivity index (χ0v) is 19.4. The van der Waals surface area contributed by atoms with E-state index in [1.165, 1.54) is 37.4 Å². The molecular weight excluding hydrogens is 468 g/mol. The molecule has 0 radical (unpaired) electrons. The number of hydrazine groups is 1. The van der Waals surface area contributed by atoms with Crippen molar-refractivity contribution in [2.24, 2.45) is 0 Å². The number of hydrogen-bond acceptors (Lipinski definition) is 8. The van der Waals surface area contributed by atoms with Crippen molar-refractivity contribution in [2.75, 3.05) is 20.3 Å². The van der Waals surface area contributed by atoms with Crippen LogP contribution < -0.4 is 25.1 Å². The highest BCUT2D eigenvalue weighted by Crippen LogP contribution is 2.38. The van der Waals surface area contributed by atoms with Crippen LogP contribution in [0.1, 0.15) is 49.1 Å². The van der Waals surface area contributed by atoms with E-state index < -0.39 is 35.7 Å². The minimum absolute atomic E-state index is 0.0473. The average Bonchev–Trinajstić information content (AvgIpc) is 2.90. The summed E-state index contributed by atoms with van der Waals surface area (Å²) in [6.45, 7) is 1.66. The Morgan fingerprint density at radius 1 is 0.833 bits per heavy atom. The number of fused-ring (bicyclic) bond motifs is 2. The molecule has 10 heteroatoms. The molecule has 0 unspecified atom stereocenters. The highest BCUT2D eigenvalue weighted by molar-refractivity contribution is 6.29. The molecule has 1 aliphatic rings. The van der Waals surface area contributed by atoms with E-state index in [0.29, 0.717) is 18.1 Å². The Bertz CT molecular complexity index is 1380. The first-order valence-corrected chi connectivity index (χ1v) is 10.9. The summed E-state index contributed by atoms with van der Waals surface area (Å²) in [5, 5.41) is 10.6. The number of ketones is 2. The number of ether oxygens (including phenoxy) is 3. The minimum Gasteiger partial charge on any atom is -0.504 e. The van der Waals surface area contributed by atoms with Gasteiger partial charge in [-0.3, -0.25) is 30.0 Å². The van der Waals surface area contributed by atoms with Crippen LogP contribution in [0.15, 0.2) is 54.6 Å². The number of aromatic hydroxyl groups is 1. The van der Waals surface area contributed by atoms with Crippen molar-refractivity contribution >= 4 is 23.4 Å². The molecule has 36 heavy (non-hydrogen) atoms. The van der Waals surface area contributed by atoms with E-state index >= 15 is 0 Å². The lowest BCUT2D eigenvalue weighted by Gasteiger charge is -2.19. The quantitative estimate of drug-likeness (QED) is 0.336. The second kappa shape index (κ2) is 10.2. The number of hydrogen-bond donors (Lipinski definition) is 3. The van der Waals surface area contributed by atoms with Crippen molar-refractivity contribution in [3.8, 4) is 23.0 Å². The van der Waals surface area contributed by atoms with Crippen LogP contribution in [0, 0.1) is 0 Å². The van der Waals surface area contributed by atoms with E-state index in [4.69, 9.17) is 14.2 Å². The Labute approximate surface area is 205 Å². The summed E-state index contributed by atoms with van der Waals surface area (Å²) >= 11 is 0. The lowest BCUT2D eigenvalue weighted by atomic mass is 9.83. The molecule has 0 heterocycles. The molecular formula is C26H22N2O8. The molecule has 3 aromatic carbocycles. The molecule has 184 valence electrons. The van der Waals surface area contributed by atoms with Crippen molar-refractivity contribution < 1.29 is 38.5 Å². The summed E-state index contributed by atoms with van der Waals surface area (Å²) in [6.07, 6.45) is 0. The van der Waals surface area contributed by atoms with Gasteiger partial charge in [0.05, 0.1) is 19.3 Å². The first-order chi connectivity index (χ1) is 17.3. The number of phenols is 1. The number of carbonyl (C=O) groups is 4. The maximum atomic E-state index is 12.9. The van der Waals surface area contributed by atoms with E-state index in [0.717, 1.165) is 0 Å². The lowest BCUT2D eigenvalue weighted by Crippen LogP contribution is -2.43. The third-order valence-electron chi connectivity index (χ3n) is 5.43. The fourth-order valence-electron chi connectivity index (χ4n) is 3.73. The fraction of sp³-hybridized carbons (Fsp3) is 0.154. The molecule has 0 aromatic heterocycles. The van der Waals surface area contributed by atoms with Crippen molar-refractivity contribution in [3.05, 3.63) is 82.4 Å². The molecule has 0 fully saturated rings. The lowest BCUT2D eigenvalue weighted by molar-refractivity contribution is -0.123. The van der Waals surface area contributed by atoms with Gasteiger partial charge in [-0.15, -0.1) is 0 Å². The van der Waals surface area contributed by atoms with E-state index in [-0.39, 0.29) is 33.6 Å². The van der Waals surface area contributed by atoms with Crippen LogP contribution in [0.5, 0.6) is 23.0 Å². The molecule has 0 bridgehead atoms. The molecule has 4 rings (SSSR count). The molecule has 0 saturated heterocycles. The molecule has 0 atom stereocenters. The Hall–Kier alpha value is -4.86. The van der Waals surface area contributed by atoms with Crippen molar-refractivity contribution in [1.29, 1.82) is 0 Å². The van der Waals surface area contributed by atoms with Crippen LogP contribution in [-0.4, -0.2) is 48.8 Å². The Balaban J connectivity index is 1.39. The molecule has 2 amide bonds. The summed E-state index contributed by atoms with van der Waals surface area (Å²) in [4.78, 5) is 50.2. The van der Waals surface area contributed by atoms with Crippen LogP contribution in [0.3, 0.4) is 0 Å². The molecule has 0 saturated carbocycles. The zero-order chi connectivity index (χ0) is 25.8. The average molecular weight is 490 g/mol. The maximum Gasteiger partial charge on any atom is 0.276 e. The number of amides is 2. The second-order valence-corrected chi connectivity index (χ2v) is 7.63. The summed E-state index contributed by atoms with van der Waals surface area (Å²) in [6, 6.07) is 13.5. The SMILES string of the molecule is CCOc1ccc(C(=O)NNC(=O)COc2ccc3c(c2O)C(=O)c2ccccc2C3=O)cc1OC. The standard InChI is InChI=1S/C26H22N2O8/c1-3-35-18-10-8-14(12-20(18)34-2)26(33)28-27-21(29)13-36-19-11-9-17-22(25(19)32)24(31)16-7-5-4-6-15(16)23(17)30/h4-12,32H,3,13H2,1-2H3,(H,27,29)(H,28,33). The topological polar surface area (TPSA) is 140 Å². The van der Waals surface area contributed by atoms with Gasteiger partial charge in [0.2, 0.25) is 0 Å². The molecule has 10 nitrogen and oxygen atoms in total. The Kier molecular flexibility index (Phi) is 6.86. The Morgan fingerprint density at radius 3 is 2.22 bits per heavy atom. The summed E-state index contributed by atoms with van der Waals surface area (Å²) < 4.78 is 16.0. The van der Waals surface area contributed by atoms with E-state index in [1.54, 1.807) is 24.3 Å². The minimum atomic E-state index is -0.730. The predicted molar refractivity (Wildman–Crippen MR) is 127 cm³/mol. The molecule has 1 aliphatic carbocycles. The maximum absolute atomic E-state index is 12.9. The normalized spacial score (nSPS) is 11.7. The number of phenolic OH excluding ortho intramolecular Hbond substituents is 1. The highest BCUT2D eigenvalue weighted by atomic mass is 16.5. The van der Waals surface area contributed by atoms with Crippen molar-refractivity contribution in [2.45, 2.75) is 6.92 Å². The first-order valence-electron chi connectivity index (χ1n) is 10.9. The van der Waals surface area contributed by atoms with Gasteiger partial charge in [-0.1, -0.05) is 24.3 Å². The third-order valence-corrected chi connectivity index (χ3v) is 5.43. The number of methoxy groups -OCH3 is 1. The first kappa shape index (κ1) is 24.3.